The number of aliphatic hydroxyl groups excluding tert-OH is 1. The number of carbonyl (C=O) groups is 7. The summed E-state index contributed by atoms with van der Waals surface area (Å²) in [4.78, 5) is 92.6. The lowest BCUT2D eigenvalue weighted by molar-refractivity contribution is -0.137. The number of nitrogens with two attached hydrogens (primary N) is 1. The molecule has 310 valence electrons. The van der Waals surface area contributed by atoms with Crippen LogP contribution in [0.25, 0.3) is 0 Å². The molecule has 0 aromatic heterocycles. The van der Waals surface area contributed by atoms with Crippen molar-refractivity contribution in [1.82, 2.24) is 31.9 Å². The maximum atomic E-state index is 13.8. The van der Waals surface area contributed by atoms with E-state index in [1.54, 1.807) is 65.8 Å². The molecule has 0 saturated heterocycles. The Morgan fingerprint density at radius 3 is 1.45 bits per heavy atom. The van der Waals surface area contributed by atoms with E-state index < -0.39 is 95.7 Å². The van der Waals surface area contributed by atoms with Gasteiger partial charge in [-0.1, -0.05) is 99.6 Å². The Hall–Kier alpha value is -4.37. The van der Waals surface area contributed by atoms with Crippen LogP contribution in [-0.4, -0.2) is 95.2 Å². The molecule has 0 unspecified atom stereocenters. The van der Waals surface area contributed by atoms with Gasteiger partial charge in [-0.25, -0.2) is 0 Å². The molecule has 1 rings (SSSR count). The molecule has 0 aliphatic carbocycles. The molecule has 15 nitrogen and oxygen atoms in total. The summed E-state index contributed by atoms with van der Waals surface area (Å²) in [5.41, 5.74) is 6.78. The molecule has 0 saturated carbocycles. The molecule has 0 radical (unpaired) electrons. The summed E-state index contributed by atoms with van der Waals surface area (Å²) in [7, 11) is 0. The highest BCUT2D eigenvalue weighted by molar-refractivity contribution is 5.97. The number of amides is 6. The Morgan fingerprint density at radius 2 is 1.00 bits per heavy atom. The Kier molecular flexibility index (Phi) is 20.8. The van der Waals surface area contributed by atoms with Crippen LogP contribution in [0.1, 0.15) is 94.6 Å². The normalized spacial score (nSPS) is 16.0. The lowest BCUT2D eigenvalue weighted by atomic mass is 9.98. The average Bonchev–Trinajstić information content (AvgIpc) is 3.08. The molecule has 0 bridgehead atoms. The third-order valence-corrected chi connectivity index (χ3v) is 9.05. The van der Waals surface area contributed by atoms with E-state index in [2.05, 4.69) is 31.9 Å². The molecule has 1 aromatic carbocycles. The third kappa shape index (κ3) is 16.9. The van der Waals surface area contributed by atoms with Gasteiger partial charge in [-0.3, -0.25) is 28.8 Å². The predicted molar refractivity (Wildman–Crippen MR) is 211 cm³/mol. The molecular formula is C40H67N7O8. The summed E-state index contributed by atoms with van der Waals surface area (Å²) in [6.07, 6.45) is -0.0900. The number of rotatable bonds is 23. The highest BCUT2D eigenvalue weighted by atomic mass is 16.3. The highest BCUT2D eigenvalue weighted by Gasteiger charge is 2.36. The van der Waals surface area contributed by atoms with E-state index >= 15 is 0 Å². The molecule has 6 amide bonds. The van der Waals surface area contributed by atoms with Crippen LogP contribution in [-0.2, 0) is 40.0 Å². The van der Waals surface area contributed by atoms with Crippen LogP contribution in [0.3, 0.4) is 0 Å². The number of aldehydes is 1. The molecule has 0 spiro atoms. The van der Waals surface area contributed by atoms with Gasteiger partial charge in [0.25, 0.3) is 0 Å². The third-order valence-electron chi connectivity index (χ3n) is 9.05. The van der Waals surface area contributed by atoms with Crippen LogP contribution in [0.5, 0.6) is 0 Å². The minimum Gasteiger partial charge on any atom is -0.391 e. The van der Waals surface area contributed by atoms with Crippen molar-refractivity contribution in [3.63, 3.8) is 0 Å². The first kappa shape index (κ1) is 48.6. The van der Waals surface area contributed by atoms with Gasteiger partial charge >= 0.3 is 0 Å². The van der Waals surface area contributed by atoms with E-state index in [9.17, 15) is 38.7 Å². The molecule has 8 atom stereocenters. The van der Waals surface area contributed by atoms with Crippen LogP contribution in [0.2, 0.25) is 0 Å². The fourth-order valence-electron chi connectivity index (χ4n) is 5.75. The quantitative estimate of drug-likeness (QED) is 0.0743. The van der Waals surface area contributed by atoms with Crippen molar-refractivity contribution in [1.29, 1.82) is 0 Å². The van der Waals surface area contributed by atoms with Crippen molar-refractivity contribution >= 4 is 41.7 Å². The first-order valence-electron chi connectivity index (χ1n) is 19.3. The second-order valence-electron chi connectivity index (χ2n) is 16.3. The lowest BCUT2D eigenvalue weighted by Crippen LogP contribution is -2.62. The number of aliphatic hydroxyl groups is 1. The minimum atomic E-state index is -1.50. The Morgan fingerprint density at radius 1 is 0.564 bits per heavy atom. The van der Waals surface area contributed by atoms with Crippen molar-refractivity contribution < 1.29 is 38.7 Å². The van der Waals surface area contributed by atoms with Gasteiger partial charge < -0.3 is 47.5 Å². The van der Waals surface area contributed by atoms with Gasteiger partial charge in [0.15, 0.2) is 0 Å². The second kappa shape index (κ2) is 23.5. The molecule has 0 aliphatic heterocycles. The van der Waals surface area contributed by atoms with E-state index in [1.165, 1.54) is 6.92 Å². The molecule has 15 heteroatoms. The topological polar surface area (TPSA) is 238 Å². The summed E-state index contributed by atoms with van der Waals surface area (Å²) in [6.45, 7) is 19.2. The molecule has 1 aromatic rings. The highest BCUT2D eigenvalue weighted by Crippen LogP contribution is 2.12. The number of hydrogen-bond acceptors (Lipinski definition) is 9. The molecule has 0 aliphatic rings. The summed E-state index contributed by atoms with van der Waals surface area (Å²) in [6, 6.07) is 1.44. The van der Waals surface area contributed by atoms with Crippen LogP contribution < -0.4 is 37.6 Å². The van der Waals surface area contributed by atoms with E-state index in [0.717, 1.165) is 5.56 Å². The number of benzene rings is 1. The van der Waals surface area contributed by atoms with E-state index in [4.69, 9.17) is 5.73 Å². The molecule has 0 heterocycles. The SMILES string of the molecule is CC(C)C[C@H](NC(=O)[C@@H](NC(=O)[C@@H](NC(=O)[C@@H](N)CC(C)C)C(C)C)[C@@H](C)O)C(=O)N[C@H](C(=O)N[C@@H](Cc1ccccc1)C(=O)N[C@H](C=O)C(C)C)C(C)C. The van der Waals surface area contributed by atoms with Crippen LogP contribution in [0, 0.1) is 29.6 Å². The zero-order chi connectivity index (χ0) is 42.2. The molecule has 9 N–H and O–H groups in total. The summed E-state index contributed by atoms with van der Waals surface area (Å²) in [5, 5.41) is 26.6. The van der Waals surface area contributed by atoms with Gasteiger partial charge in [-0.15, -0.1) is 0 Å². The van der Waals surface area contributed by atoms with Crippen LogP contribution >= 0.6 is 0 Å². The van der Waals surface area contributed by atoms with Gasteiger partial charge in [0.1, 0.15) is 36.5 Å². The number of hydrogen-bond donors (Lipinski definition) is 8. The van der Waals surface area contributed by atoms with Crippen molar-refractivity contribution in [3.05, 3.63) is 35.9 Å². The zero-order valence-electron chi connectivity index (χ0n) is 34.5. The summed E-state index contributed by atoms with van der Waals surface area (Å²) in [5.74, 6) is -5.01. The van der Waals surface area contributed by atoms with Gasteiger partial charge in [-0.05, 0) is 54.9 Å². The van der Waals surface area contributed by atoms with Crippen LogP contribution in [0.4, 0.5) is 0 Å². The average molecular weight is 774 g/mol. The first-order chi connectivity index (χ1) is 25.6. The summed E-state index contributed by atoms with van der Waals surface area (Å²) >= 11 is 0. The fourth-order valence-corrected chi connectivity index (χ4v) is 5.75. The van der Waals surface area contributed by atoms with Crippen molar-refractivity contribution in [3.8, 4) is 0 Å². The van der Waals surface area contributed by atoms with Crippen molar-refractivity contribution in [2.24, 2.45) is 35.3 Å². The lowest BCUT2D eigenvalue weighted by Gasteiger charge is -2.30. The second-order valence-corrected chi connectivity index (χ2v) is 16.3. The molecule has 0 fully saturated rings. The van der Waals surface area contributed by atoms with E-state index in [1.807, 2.05) is 33.8 Å². The molecule has 55 heavy (non-hydrogen) atoms. The van der Waals surface area contributed by atoms with Crippen LogP contribution in [0.15, 0.2) is 30.3 Å². The van der Waals surface area contributed by atoms with E-state index in [-0.39, 0.29) is 30.6 Å². The monoisotopic (exact) mass is 774 g/mol. The predicted octanol–water partition coefficient (Wildman–Crippen LogP) is 1.11. The first-order valence-corrected chi connectivity index (χ1v) is 19.3. The molecular weight excluding hydrogens is 706 g/mol. The van der Waals surface area contributed by atoms with Gasteiger partial charge in [-0.2, -0.15) is 0 Å². The van der Waals surface area contributed by atoms with E-state index in [0.29, 0.717) is 12.7 Å². The maximum Gasteiger partial charge on any atom is 0.245 e. The summed E-state index contributed by atoms with van der Waals surface area (Å²) < 4.78 is 0. The Balaban J connectivity index is 3.26. The largest absolute Gasteiger partial charge is 0.391 e. The number of nitrogens with one attached hydrogen (secondary N) is 6. The van der Waals surface area contributed by atoms with Crippen molar-refractivity contribution in [2.75, 3.05) is 0 Å². The number of carbonyl (C=O) groups excluding carboxylic acids is 7. The Labute approximate surface area is 326 Å². The van der Waals surface area contributed by atoms with Gasteiger partial charge in [0.2, 0.25) is 35.4 Å². The van der Waals surface area contributed by atoms with Gasteiger partial charge in [0, 0.05) is 6.42 Å². The maximum absolute atomic E-state index is 13.8. The fraction of sp³-hybridized carbons (Fsp3) is 0.675. The van der Waals surface area contributed by atoms with Gasteiger partial charge in [0.05, 0.1) is 18.2 Å². The zero-order valence-corrected chi connectivity index (χ0v) is 34.5. The standard InChI is InChI=1S/C40H67N7O8/c1-21(2)17-28(41)35(50)45-33(25(9)10)39(54)47-34(26(11)49)40(55)42-29(18-22(3)4)37(52)46-32(24(7)8)38(53)43-30(19-27-15-13-12-14-16-27)36(51)44-31(20-48)23(5)6/h12-16,20-26,28-34,49H,17-19,41H2,1-11H3,(H,42,55)(H,43,53)(H,44,51)(H,45,50)(H,46,52)(H,47,54)/t26-,28+,29+,30+,31-,32+,33+,34+/m1/s1. The van der Waals surface area contributed by atoms with Crippen molar-refractivity contribution in [2.45, 2.75) is 144 Å². The smallest absolute Gasteiger partial charge is 0.245 e. The minimum absolute atomic E-state index is 0.108. The Bertz CT molecular complexity index is 1420.